The Kier molecular flexibility index (Phi) is 4.21. The van der Waals surface area contributed by atoms with Gasteiger partial charge in [-0.05, 0) is 36.4 Å². The van der Waals surface area contributed by atoms with Crippen molar-refractivity contribution in [2.24, 2.45) is 0 Å². The van der Waals surface area contributed by atoms with E-state index in [4.69, 9.17) is 5.11 Å². The van der Waals surface area contributed by atoms with Crippen LogP contribution in [0.2, 0.25) is 0 Å². The normalized spacial score (nSPS) is 10.3. The number of rotatable bonds is 4. The number of hydrogen-bond donors (Lipinski definition) is 3. The zero-order chi connectivity index (χ0) is 17.1. The van der Waals surface area contributed by atoms with Crippen LogP contribution in [0.1, 0.15) is 20.7 Å². The Morgan fingerprint density at radius 3 is 2.29 bits per heavy atom. The summed E-state index contributed by atoms with van der Waals surface area (Å²) in [5, 5.41) is 29.6. The van der Waals surface area contributed by atoms with Crippen LogP contribution in [0.25, 0.3) is 10.6 Å². The molecule has 0 radical (unpaired) electrons. The lowest BCUT2D eigenvalue weighted by Gasteiger charge is -2.04. The topological polar surface area (TPSA) is 112 Å². The zero-order valence-corrected chi connectivity index (χ0v) is 12.9. The Morgan fingerprint density at radius 2 is 1.62 bits per heavy atom. The van der Waals surface area contributed by atoms with Gasteiger partial charge in [0, 0.05) is 5.56 Å². The molecular formula is C16H11N3O4S. The predicted molar refractivity (Wildman–Crippen MR) is 88.4 cm³/mol. The molecule has 3 rings (SSSR count). The van der Waals surface area contributed by atoms with Crippen molar-refractivity contribution >= 4 is 28.3 Å². The van der Waals surface area contributed by atoms with Gasteiger partial charge in [-0.25, -0.2) is 4.79 Å². The Hall–Kier alpha value is -3.26. The number of nitrogens with one attached hydrogen (secondary N) is 1. The lowest BCUT2D eigenvalue weighted by molar-refractivity contribution is 0.0692. The number of aromatic nitrogens is 2. The van der Waals surface area contributed by atoms with E-state index in [1.54, 1.807) is 24.3 Å². The molecule has 0 spiro atoms. The van der Waals surface area contributed by atoms with Crippen molar-refractivity contribution < 1.29 is 19.8 Å². The molecule has 0 aliphatic heterocycles. The highest BCUT2D eigenvalue weighted by atomic mass is 32.1. The van der Waals surface area contributed by atoms with Gasteiger partial charge in [-0.3, -0.25) is 10.1 Å². The van der Waals surface area contributed by atoms with E-state index in [0.29, 0.717) is 5.01 Å². The molecule has 0 unspecified atom stereocenters. The predicted octanol–water partition coefficient (Wildman–Crippen LogP) is 2.86. The summed E-state index contributed by atoms with van der Waals surface area (Å²) in [5.74, 6) is -1.61. The molecule has 7 nitrogen and oxygen atoms in total. The van der Waals surface area contributed by atoms with E-state index in [9.17, 15) is 14.7 Å². The maximum atomic E-state index is 12.3. The molecule has 0 atom stereocenters. The molecule has 1 amide bonds. The number of carboxylic acids is 1. The maximum absolute atomic E-state index is 12.3. The highest BCUT2D eigenvalue weighted by Gasteiger charge is 2.17. The zero-order valence-electron chi connectivity index (χ0n) is 12.1. The molecule has 24 heavy (non-hydrogen) atoms. The molecule has 3 aromatic rings. The first-order valence-corrected chi connectivity index (χ1v) is 7.63. The number of amides is 1. The first-order valence-electron chi connectivity index (χ1n) is 6.81. The first kappa shape index (κ1) is 15.6. The van der Waals surface area contributed by atoms with Gasteiger partial charge in [-0.1, -0.05) is 23.5 Å². The van der Waals surface area contributed by atoms with E-state index in [2.05, 4.69) is 15.5 Å². The average molecular weight is 341 g/mol. The quantitative estimate of drug-likeness (QED) is 0.672. The third kappa shape index (κ3) is 3.23. The van der Waals surface area contributed by atoms with Crippen LogP contribution in [0, 0.1) is 0 Å². The first-order chi connectivity index (χ1) is 11.5. The van der Waals surface area contributed by atoms with E-state index in [1.807, 2.05) is 0 Å². The van der Waals surface area contributed by atoms with Crippen LogP contribution in [0.5, 0.6) is 5.75 Å². The van der Waals surface area contributed by atoms with Crippen molar-refractivity contribution in [1.82, 2.24) is 10.2 Å². The number of anilines is 1. The molecule has 2 aromatic carbocycles. The van der Waals surface area contributed by atoms with Gasteiger partial charge in [0.25, 0.3) is 5.91 Å². The number of carbonyl (C=O) groups excluding carboxylic acids is 1. The lowest BCUT2D eigenvalue weighted by Crippen LogP contribution is -2.16. The number of aromatic hydroxyl groups is 1. The summed E-state index contributed by atoms with van der Waals surface area (Å²) in [7, 11) is 0. The van der Waals surface area contributed by atoms with Crippen molar-refractivity contribution in [3.63, 3.8) is 0 Å². The molecule has 0 saturated carbocycles. The number of benzene rings is 2. The smallest absolute Gasteiger partial charge is 0.336 e. The molecule has 0 aliphatic rings. The number of phenolic OH excluding ortho intramolecular Hbond substituents is 1. The largest absolute Gasteiger partial charge is 0.508 e. The minimum Gasteiger partial charge on any atom is -0.508 e. The molecule has 0 saturated heterocycles. The fourth-order valence-corrected chi connectivity index (χ4v) is 2.77. The van der Waals surface area contributed by atoms with Crippen LogP contribution in [0.4, 0.5) is 5.13 Å². The second-order valence-electron chi connectivity index (χ2n) is 4.76. The third-order valence-electron chi connectivity index (χ3n) is 3.16. The van der Waals surface area contributed by atoms with Crippen molar-refractivity contribution in [3.05, 3.63) is 59.7 Å². The number of hydrogen-bond acceptors (Lipinski definition) is 6. The average Bonchev–Trinajstić information content (AvgIpc) is 3.04. The van der Waals surface area contributed by atoms with E-state index >= 15 is 0 Å². The SMILES string of the molecule is O=C(O)c1ccccc1C(=O)Nc1nnc(-c2ccc(O)cc2)s1. The summed E-state index contributed by atoms with van der Waals surface area (Å²) in [6.07, 6.45) is 0. The van der Waals surface area contributed by atoms with Gasteiger partial charge in [0.05, 0.1) is 11.1 Å². The number of aromatic carboxylic acids is 1. The second-order valence-corrected chi connectivity index (χ2v) is 5.74. The Balaban J connectivity index is 1.81. The highest BCUT2D eigenvalue weighted by molar-refractivity contribution is 7.18. The summed E-state index contributed by atoms with van der Waals surface area (Å²) < 4.78 is 0. The van der Waals surface area contributed by atoms with Crippen LogP contribution in [0.3, 0.4) is 0 Å². The van der Waals surface area contributed by atoms with E-state index in [1.165, 1.54) is 24.3 Å². The summed E-state index contributed by atoms with van der Waals surface area (Å²) in [6, 6.07) is 12.3. The standard InChI is InChI=1S/C16H11N3O4S/c20-10-7-5-9(6-8-10)14-18-19-16(24-14)17-13(21)11-3-1-2-4-12(11)15(22)23/h1-8,20H,(H,22,23)(H,17,19,21). The molecule has 120 valence electrons. The maximum Gasteiger partial charge on any atom is 0.336 e. The van der Waals surface area contributed by atoms with E-state index < -0.39 is 11.9 Å². The van der Waals surface area contributed by atoms with E-state index in [0.717, 1.165) is 16.9 Å². The molecule has 3 N–H and O–H groups in total. The fraction of sp³-hybridized carbons (Fsp3) is 0. The van der Waals surface area contributed by atoms with Crippen LogP contribution in [-0.2, 0) is 0 Å². The van der Waals surface area contributed by atoms with Gasteiger partial charge in [0.15, 0.2) is 0 Å². The molecule has 0 aliphatic carbocycles. The van der Waals surface area contributed by atoms with Crippen LogP contribution >= 0.6 is 11.3 Å². The summed E-state index contributed by atoms with van der Waals surface area (Å²) >= 11 is 1.15. The van der Waals surface area contributed by atoms with Crippen LogP contribution < -0.4 is 5.32 Å². The number of nitrogens with zero attached hydrogens (tertiary/aromatic N) is 2. The summed E-state index contributed by atoms with van der Waals surface area (Å²) in [5.41, 5.74) is 0.710. The molecular weight excluding hydrogens is 330 g/mol. The lowest BCUT2D eigenvalue weighted by atomic mass is 10.1. The molecule has 0 bridgehead atoms. The number of phenols is 1. The van der Waals surface area contributed by atoms with Crippen molar-refractivity contribution in [2.45, 2.75) is 0 Å². The van der Waals surface area contributed by atoms with Gasteiger partial charge < -0.3 is 10.2 Å². The molecule has 0 fully saturated rings. The van der Waals surface area contributed by atoms with E-state index in [-0.39, 0.29) is 22.0 Å². The third-order valence-corrected chi connectivity index (χ3v) is 4.05. The van der Waals surface area contributed by atoms with Crippen molar-refractivity contribution in [3.8, 4) is 16.3 Å². The Labute approximate surface area is 140 Å². The monoisotopic (exact) mass is 341 g/mol. The Morgan fingerprint density at radius 1 is 0.958 bits per heavy atom. The molecule has 8 heteroatoms. The summed E-state index contributed by atoms with van der Waals surface area (Å²) in [6.45, 7) is 0. The van der Waals surface area contributed by atoms with Crippen molar-refractivity contribution in [1.29, 1.82) is 0 Å². The number of carbonyl (C=O) groups is 2. The van der Waals surface area contributed by atoms with Crippen molar-refractivity contribution in [2.75, 3.05) is 5.32 Å². The highest BCUT2D eigenvalue weighted by Crippen LogP contribution is 2.27. The second kappa shape index (κ2) is 6.47. The number of carboxylic acid groups (broad SMARTS) is 1. The van der Waals surface area contributed by atoms with Gasteiger partial charge in [-0.15, -0.1) is 10.2 Å². The van der Waals surface area contributed by atoms with Crippen LogP contribution in [0.15, 0.2) is 48.5 Å². The van der Waals surface area contributed by atoms with Gasteiger partial charge in [-0.2, -0.15) is 0 Å². The fourth-order valence-electron chi connectivity index (χ4n) is 2.03. The molecule has 1 heterocycles. The minimum absolute atomic E-state index is 0.0476. The van der Waals surface area contributed by atoms with Gasteiger partial charge in [0.1, 0.15) is 10.8 Å². The van der Waals surface area contributed by atoms with Gasteiger partial charge in [0.2, 0.25) is 5.13 Å². The minimum atomic E-state index is -1.18. The summed E-state index contributed by atoms with van der Waals surface area (Å²) in [4.78, 5) is 23.4. The Bertz CT molecular complexity index is 906. The van der Waals surface area contributed by atoms with Crippen LogP contribution in [-0.4, -0.2) is 32.3 Å². The van der Waals surface area contributed by atoms with Gasteiger partial charge >= 0.3 is 5.97 Å². The molecule has 1 aromatic heterocycles.